The van der Waals surface area contributed by atoms with E-state index in [-0.39, 0.29) is 5.41 Å². The third-order valence-corrected chi connectivity index (χ3v) is 16.3. The normalized spacial score (nSPS) is 16.5. The van der Waals surface area contributed by atoms with Crippen LogP contribution < -0.4 is 10.6 Å². The first-order valence-corrected chi connectivity index (χ1v) is 19.8. The molecule has 1 unspecified atom stereocenters. The number of benzene rings is 5. The Labute approximate surface area is 293 Å². The summed E-state index contributed by atoms with van der Waals surface area (Å²) < 4.78 is 2.27. The summed E-state index contributed by atoms with van der Waals surface area (Å²) in [5.74, 6) is 0. The molecule has 0 spiro atoms. The van der Waals surface area contributed by atoms with Gasteiger partial charge in [0.05, 0.1) is 0 Å². The Hall–Kier alpha value is -3.54. The third-order valence-electron chi connectivity index (χ3n) is 9.93. The summed E-state index contributed by atoms with van der Waals surface area (Å²) in [5.41, 5.74) is 10.6. The third kappa shape index (κ3) is 7.47. The minimum absolute atomic E-state index is 0.180. The van der Waals surface area contributed by atoms with Crippen LogP contribution in [0.1, 0.15) is 61.1 Å². The Kier molecular flexibility index (Phi) is 10.7. The minimum Gasteiger partial charge on any atom is -0.0622 e. The molecular weight excluding hydrogens is 619 g/mol. The molecule has 0 nitrogen and oxygen atoms in total. The van der Waals surface area contributed by atoms with Crippen LogP contribution >= 0.6 is 7.92 Å². The van der Waals surface area contributed by atoms with Gasteiger partial charge < -0.3 is 0 Å². The molecule has 234 valence electrons. The zero-order valence-electron chi connectivity index (χ0n) is 28.4. The second-order valence-corrected chi connectivity index (χ2v) is 17.5. The smallest absolute Gasteiger partial charge is 0.0238 e. The zero-order chi connectivity index (χ0) is 32.8. The fraction of sp³-hybridized carbons (Fsp3) is 0.200. The van der Waals surface area contributed by atoms with E-state index in [1.807, 2.05) is 0 Å². The summed E-state index contributed by atoms with van der Waals surface area (Å²) in [4.78, 5) is 0. The van der Waals surface area contributed by atoms with E-state index in [0.29, 0.717) is 4.22 Å². The van der Waals surface area contributed by atoms with E-state index >= 15 is 0 Å². The van der Waals surface area contributed by atoms with Crippen molar-refractivity contribution in [1.29, 1.82) is 0 Å². The van der Waals surface area contributed by atoms with Gasteiger partial charge in [-0.15, -0.1) is 0 Å². The maximum absolute atomic E-state index is 2.54. The largest absolute Gasteiger partial charge is 0.0622 e. The molecule has 47 heavy (non-hydrogen) atoms. The SMILES string of the molecule is CC1=C(C)C(C)(C)[C]([Ti][CH]2C(P(c3ccccc3)c3ccccc3)=Cc3ccccc32)=C1C.c1ccc(CCc2ccccc2)cc1. The molecule has 0 fully saturated rings. The summed E-state index contributed by atoms with van der Waals surface area (Å²) in [6, 6.07) is 52.8. The summed E-state index contributed by atoms with van der Waals surface area (Å²) >= 11 is -0.407. The molecule has 1 atom stereocenters. The van der Waals surface area contributed by atoms with E-state index in [0.717, 1.165) is 12.8 Å². The average molecular weight is 665 g/mol. The summed E-state index contributed by atoms with van der Waals surface area (Å²) in [6.07, 6.45) is 4.80. The first kappa shape index (κ1) is 33.4. The maximum Gasteiger partial charge on any atom is -0.0238 e. The molecule has 0 N–H and O–H groups in total. The van der Waals surface area contributed by atoms with Crippen LogP contribution in [0.25, 0.3) is 6.08 Å². The van der Waals surface area contributed by atoms with Crippen molar-refractivity contribution in [2.24, 2.45) is 5.41 Å². The van der Waals surface area contributed by atoms with Crippen LogP contribution in [0.4, 0.5) is 0 Å². The van der Waals surface area contributed by atoms with Crippen molar-refractivity contribution in [2.75, 3.05) is 0 Å². The summed E-state index contributed by atoms with van der Waals surface area (Å²) in [5, 5.41) is 4.55. The van der Waals surface area contributed by atoms with Crippen LogP contribution in [0.3, 0.4) is 0 Å². The van der Waals surface area contributed by atoms with Gasteiger partial charge in [0.25, 0.3) is 0 Å². The Bertz CT molecular complexity index is 1800. The van der Waals surface area contributed by atoms with Crippen LogP contribution in [0, 0.1) is 5.41 Å². The minimum atomic E-state index is -0.569. The number of aryl methyl sites for hydroxylation is 2. The number of rotatable bonds is 8. The van der Waals surface area contributed by atoms with Crippen molar-refractivity contribution >= 4 is 24.6 Å². The summed E-state index contributed by atoms with van der Waals surface area (Å²) in [6.45, 7) is 11.9. The van der Waals surface area contributed by atoms with E-state index in [1.54, 1.807) is 25.9 Å². The second-order valence-electron chi connectivity index (χ2n) is 13.1. The summed E-state index contributed by atoms with van der Waals surface area (Å²) in [7, 11) is -0.569. The standard InChI is InChI=1S/C21H16P.C14H14.C10H15.Ti/c1-3-11-19(12-4-1)22(20-13-5-2-6-14-20)21-15-17-9-7-8-10-18(17)16-21;1-3-7-13(8-4-1)11-12-14-9-5-2-6-10-14;1-7-6-10(4,5)9(3)8(7)2;/h1-16H;1-10H,11-12H2;1-5H3;. The molecule has 0 amide bonds. The molecule has 5 aromatic rings. The van der Waals surface area contributed by atoms with E-state index in [4.69, 9.17) is 0 Å². The van der Waals surface area contributed by atoms with Gasteiger partial charge in [-0.2, -0.15) is 0 Å². The van der Waals surface area contributed by atoms with Gasteiger partial charge in [-0.3, -0.25) is 0 Å². The first-order valence-electron chi connectivity index (χ1n) is 16.8. The van der Waals surface area contributed by atoms with Gasteiger partial charge in [-0.1, -0.05) is 60.7 Å². The van der Waals surface area contributed by atoms with E-state index in [2.05, 4.69) is 186 Å². The van der Waals surface area contributed by atoms with E-state index in [1.165, 1.54) is 32.9 Å². The first-order chi connectivity index (χ1) is 22.8. The van der Waals surface area contributed by atoms with Crippen LogP contribution in [0.15, 0.2) is 172 Å². The van der Waals surface area contributed by atoms with Crippen LogP contribution in [0.5, 0.6) is 0 Å². The molecule has 2 heteroatoms. The number of allylic oxidation sites excluding steroid dienone is 5. The molecule has 0 radical (unpaired) electrons. The number of fused-ring (bicyclic) bond motifs is 1. The fourth-order valence-electron chi connectivity index (χ4n) is 6.86. The van der Waals surface area contributed by atoms with Crippen molar-refractivity contribution in [2.45, 2.75) is 51.7 Å². The van der Waals surface area contributed by atoms with Crippen LogP contribution in [-0.4, -0.2) is 0 Å². The van der Waals surface area contributed by atoms with Crippen molar-refractivity contribution < 1.29 is 19.2 Å². The van der Waals surface area contributed by atoms with E-state index < -0.39 is 27.1 Å². The van der Waals surface area contributed by atoms with Gasteiger partial charge in [0.2, 0.25) is 0 Å². The van der Waals surface area contributed by atoms with Gasteiger partial charge in [-0.05, 0) is 24.0 Å². The average Bonchev–Trinajstić information content (AvgIpc) is 3.54. The molecule has 0 aromatic heterocycles. The second kappa shape index (κ2) is 15.1. The number of hydrogen-bond donors (Lipinski definition) is 0. The van der Waals surface area contributed by atoms with Crippen molar-refractivity contribution in [1.82, 2.24) is 0 Å². The van der Waals surface area contributed by atoms with Crippen LogP contribution in [0.2, 0.25) is 0 Å². The Morgan fingerprint density at radius 2 is 1.00 bits per heavy atom. The Morgan fingerprint density at radius 1 is 0.553 bits per heavy atom. The predicted molar refractivity (Wildman–Crippen MR) is 201 cm³/mol. The van der Waals surface area contributed by atoms with Crippen molar-refractivity contribution in [3.05, 3.63) is 194 Å². The molecule has 0 bridgehead atoms. The molecule has 5 aromatic carbocycles. The molecule has 0 aliphatic heterocycles. The van der Waals surface area contributed by atoms with Gasteiger partial charge in [0.15, 0.2) is 0 Å². The van der Waals surface area contributed by atoms with Crippen molar-refractivity contribution in [3.8, 4) is 0 Å². The van der Waals surface area contributed by atoms with Gasteiger partial charge in [-0.25, -0.2) is 0 Å². The fourth-order valence-corrected chi connectivity index (χ4v) is 13.2. The Balaban J connectivity index is 0.000000230. The van der Waals surface area contributed by atoms with Gasteiger partial charge in [0, 0.05) is 0 Å². The molecule has 0 saturated carbocycles. The van der Waals surface area contributed by atoms with Gasteiger partial charge in [0.1, 0.15) is 0 Å². The van der Waals surface area contributed by atoms with E-state index in [9.17, 15) is 0 Å². The molecule has 7 rings (SSSR count). The number of hydrogen-bond acceptors (Lipinski definition) is 0. The predicted octanol–water partition coefficient (Wildman–Crippen LogP) is 11.4. The molecule has 2 aliphatic rings. The zero-order valence-corrected chi connectivity index (χ0v) is 30.8. The molecule has 2 aliphatic carbocycles. The topological polar surface area (TPSA) is 0 Å². The van der Waals surface area contributed by atoms with Crippen molar-refractivity contribution in [3.63, 3.8) is 0 Å². The quantitative estimate of drug-likeness (QED) is 0.114. The van der Waals surface area contributed by atoms with Crippen LogP contribution in [-0.2, 0) is 32.0 Å². The molecule has 0 heterocycles. The molecular formula is C45H45PTi. The Morgan fingerprint density at radius 3 is 1.47 bits per heavy atom. The van der Waals surface area contributed by atoms with Gasteiger partial charge >= 0.3 is 210 Å². The maximum atomic E-state index is 2.54. The monoisotopic (exact) mass is 664 g/mol. The molecule has 0 saturated heterocycles.